The van der Waals surface area contributed by atoms with Crippen LogP contribution in [-0.2, 0) is 9.59 Å². The quantitative estimate of drug-likeness (QED) is 0.549. The van der Waals surface area contributed by atoms with Crippen LogP contribution in [0.25, 0.3) is 0 Å². The lowest BCUT2D eigenvalue weighted by Crippen LogP contribution is -2.21. The minimum absolute atomic E-state index is 0.121. The molecule has 26 heavy (non-hydrogen) atoms. The van der Waals surface area contributed by atoms with Gasteiger partial charge in [-0.05, 0) is 36.4 Å². The molecule has 0 fully saturated rings. The number of fused-ring (bicyclic) bond motifs is 2. The summed E-state index contributed by atoms with van der Waals surface area (Å²) in [6.07, 6.45) is 5.01. The van der Waals surface area contributed by atoms with E-state index in [-0.39, 0.29) is 38.7 Å². The Morgan fingerprint density at radius 1 is 0.577 bits per heavy atom. The summed E-state index contributed by atoms with van der Waals surface area (Å²) >= 11 is 11.9. The van der Waals surface area contributed by atoms with Crippen molar-refractivity contribution >= 4 is 46.3 Å². The molecule has 0 amide bonds. The minimum Gasteiger partial charge on any atom is -0.290 e. The SMILES string of the molecule is O=C1C=CC(=O)C=C1.O=C1c2ccccc2C(=O)c2c1ccc(Cl)c2Cl. The van der Waals surface area contributed by atoms with Crippen molar-refractivity contribution in [2.24, 2.45) is 0 Å². The molecule has 0 heterocycles. The summed E-state index contributed by atoms with van der Waals surface area (Å²) in [4.78, 5) is 45.2. The first-order valence-corrected chi connectivity index (χ1v) is 8.26. The highest BCUT2D eigenvalue weighted by atomic mass is 35.5. The van der Waals surface area contributed by atoms with E-state index in [0.29, 0.717) is 16.7 Å². The molecule has 0 atom stereocenters. The predicted octanol–water partition coefficient (Wildman–Crippen LogP) is 4.02. The van der Waals surface area contributed by atoms with Gasteiger partial charge in [-0.2, -0.15) is 0 Å². The van der Waals surface area contributed by atoms with Crippen LogP contribution in [0.1, 0.15) is 31.8 Å². The van der Waals surface area contributed by atoms with Crippen molar-refractivity contribution in [2.75, 3.05) is 0 Å². The Hall–Kier alpha value is -2.82. The first kappa shape index (κ1) is 18.0. The molecule has 2 aromatic rings. The number of halogens is 2. The van der Waals surface area contributed by atoms with Crippen LogP contribution in [0.5, 0.6) is 0 Å². The number of benzene rings is 2. The maximum absolute atomic E-state index is 12.3. The second-order valence-corrected chi connectivity index (χ2v) is 6.24. The normalized spacial score (nSPS) is 14.5. The average Bonchev–Trinajstić information content (AvgIpc) is 2.65. The molecular weight excluding hydrogens is 375 g/mol. The van der Waals surface area contributed by atoms with Crippen molar-refractivity contribution < 1.29 is 19.2 Å². The van der Waals surface area contributed by atoms with Gasteiger partial charge >= 0.3 is 0 Å². The Bertz CT molecular complexity index is 994. The van der Waals surface area contributed by atoms with E-state index in [9.17, 15) is 19.2 Å². The number of hydrogen-bond acceptors (Lipinski definition) is 4. The second-order valence-electron chi connectivity index (χ2n) is 5.46. The highest BCUT2D eigenvalue weighted by molar-refractivity contribution is 6.46. The fourth-order valence-electron chi connectivity index (χ4n) is 2.56. The van der Waals surface area contributed by atoms with E-state index in [1.54, 1.807) is 30.3 Å². The van der Waals surface area contributed by atoms with Gasteiger partial charge in [0.15, 0.2) is 23.1 Å². The summed E-state index contributed by atoms with van der Waals surface area (Å²) in [5.41, 5.74) is 1.30. The number of carbonyl (C=O) groups is 4. The second kappa shape index (κ2) is 7.20. The summed E-state index contributed by atoms with van der Waals surface area (Å²) in [7, 11) is 0. The number of rotatable bonds is 0. The van der Waals surface area contributed by atoms with Gasteiger partial charge in [0.25, 0.3) is 0 Å². The third-order valence-corrected chi connectivity index (χ3v) is 4.61. The molecular formula is C20H10Cl2O4. The van der Waals surface area contributed by atoms with Crippen LogP contribution < -0.4 is 0 Å². The van der Waals surface area contributed by atoms with Gasteiger partial charge < -0.3 is 0 Å². The summed E-state index contributed by atoms with van der Waals surface area (Å²) in [5, 5.41) is 0.415. The monoisotopic (exact) mass is 384 g/mol. The Morgan fingerprint density at radius 3 is 1.62 bits per heavy atom. The lowest BCUT2D eigenvalue weighted by molar-refractivity contribution is -0.113. The zero-order chi connectivity index (χ0) is 18.8. The van der Waals surface area contributed by atoms with Gasteiger partial charge in [0.05, 0.1) is 15.6 Å². The minimum atomic E-state index is -0.257. The van der Waals surface area contributed by atoms with E-state index in [0.717, 1.165) is 0 Å². The van der Waals surface area contributed by atoms with Gasteiger partial charge in [-0.15, -0.1) is 0 Å². The first-order chi connectivity index (χ1) is 12.4. The molecule has 2 aliphatic carbocycles. The van der Waals surface area contributed by atoms with Crippen molar-refractivity contribution in [2.45, 2.75) is 0 Å². The van der Waals surface area contributed by atoms with Crippen molar-refractivity contribution in [3.63, 3.8) is 0 Å². The zero-order valence-corrected chi connectivity index (χ0v) is 14.7. The van der Waals surface area contributed by atoms with Gasteiger partial charge in [0, 0.05) is 16.7 Å². The molecule has 0 aliphatic heterocycles. The van der Waals surface area contributed by atoms with E-state index in [4.69, 9.17) is 23.2 Å². The molecule has 2 aliphatic rings. The van der Waals surface area contributed by atoms with Crippen LogP contribution in [0.15, 0.2) is 60.7 Å². The van der Waals surface area contributed by atoms with Crippen LogP contribution in [-0.4, -0.2) is 23.1 Å². The van der Waals surface area contributed by atoms with Crippen LogP contribution in [0, 0.1) is 0 Å². The van der Waals surface area contributed by atoms with Gasteiger partial charge in [0.2, 0.25) is 0 Å². The lowest BCUT2D eigenvalue weighted by atomic mass is 9.84. The molecule has 6 heteroatoms. The largest absolute Gasteiger partial charge is 0.290 e. The number of hydrogen-bond donors (Lipinski definition) is 0. The van der Waals surface area contributed by atoms with E-state index in [2.05, 4.69) is 0 Å². The maximum atomic E-state index is 12.3. The third-order valence-electron chi connectivity index (χ3n) is 3.81. The molecule has 2 aromatic carbocycles. The topological polar surface area (TPSA) is 68.3 Å². The van der Waals surface area contributed by atoms with E-state index >= 15 is 0 Å². The highest BCUT2D eigenvalue weighted by Crippen LogP contribution is 2.35. The van der Waals surface area contributed by atoms with Gasteiger partial charge in [-0.3, -0.25) is 19.2 Å². The molecule has 0 spiro atoms. The molecule has 0 bridgehead atoms. The van der Waals surface area contributed by atoms with Gasteiger partial charge in [-0.1, -0.05) is 47.5 Å². The predicted molar refractivity (Wildman–Crippen MR) is 98.1 cm³/mol. The standard InChI is InChI=1S/C14H6Cl2O2.C6H4O2/c15-10-6-5-9-11(12(10)16)14(18)8-4-2-1-3-7(8)13(9)17;7-5-1-2-6(8)4-3-5/h1-6H;1-4H. The van der Waals surface area contributed by atoms with E-state index in [1.807, 2.05) is 0 Å². The molecule has 0 unspecified atom stereocenters. The molecule has 4 rings (SSSR count). The third kappa shape index (κ3) is 3.29. The summed E-state index contributed by atoms with van der Waals surface area (Å²) in [6.45, 7) is 0. The average molecular weight is 385 g/mol. The molecule has 128 valence electrons. The fraction of sp³-hybridized carbons (Fsp3) is 0. The summed E-state index contributed by atoms with van der Waals surface area (Å²) in [6, 6.07) is 9.78. The Balaban J connectivity index is 0.000000206. The summed E-state index contributed by atoms with van der Waals surface area (Å²) < 4.78 is 0. The molecule has 0 N–H and O–H groups in total. The van der Waals surface area contributed by atoms with Crippen molar-refractivity contribution in [1.29, 1.82) is 0 Å². The smallest absolute Gasteiger partial charge is 0.196 e. The fourth-order valence-corrected chi connectivity index (χ4v) is 2.97. The van der Waals surface area contributed by atoms with Crippen LogP contribution >= 0.6 is 23.2 Å². The Morgan fingerprint density at radius 2 is 1.08 bits per heavy atom. The maximum Gasteiger partial charge on any atom is 0.196 e. The van der Waals surface area contributed by atoms with Crippen LogP contribution in [0.2, 0.25) is 10.0 Å². The van der Waals surface area contributed by atoms with Gasteiger partial charge in [-0.25, -0.2) is 0 Å². The zero-order valence-electron chi connectivity index (χ0n) is 13.2. The molecule has 0 aromatic heterocycles. The van der Waals surface area contributed by atoms with E-state index in [1.165, 1.54) is 30.4 Å². The van der Waals surface area contributed by atoms with Crippen molar-refractivity contribution in [1.82, 2.24) is 0 Å². The Kier molecular flexibility index (Phi) is 4.98. The number of allylic oxidation sites excluding steroid dienone is 4. The molecule has 4 nitrogen and oxygen atoms in total. The number of carbonyl (C=O) groups excluding carboxylic acids is 4. The molecule has 0 radical (unpaired) electrons. The van der Waals surface area contributed by atoms with Crippen LogP contribution in [0.3, 0.4) is 0 Å². The van der Waals surface area contributed by atoms with Gasteiger partial charge in [0.1, 0.15) is 0 Å². The first-order valence-electron chi connectivity index (χ1n) is 7.50. The summed E-state index contributed by atoms with van der Waals surface area (Å²) in [5.74, 6) is -0.694. The van der Waals surface area contributed by atoms with Crippen LogP contribution in [0.4, 0.5) is 0 Å². The molecule has 0 saturated heterocycles. The molecule has 0 saturated carbocycles. The lowest BCUT2D eigenvalue weighted by Gasteiger charge is -2.18. The van der Waals surface area contributed by atoms with Crippen molar-refractivity contribution in [3.05, 3.63) is 93.0 Å². The highest BCUT2D eigenvalue weighted by Gasteiger charge is 2.31. The van der Waals surface area contributed by atoms with Crippen molar-refractivity contribution in [3.8, 4) is 0 Å². The van der Waals surface area contributed by atoms with E-state index < -0.39 is 0 Å². The number of ketones is 4. The Labute approximate surface area is 158 Å².